The molecule has 0 unspecified atom stereocenters. The van der Waals surface area contributed by atoms with Crippen molar-refractivity contribution in [3.05, 3.63) is 54.4 Å². The van der Waals surface area contributed by atoms with Crippen molar-refractivity contribution in [2.45, 2.75) is 6.36 Å². The molecule has 0 bridgehead atoms. The number of hydrogen-bond donors (Lipinski definition) is 0. The molecule has 0 saturated carbocycles. The zero-order valence-electron chi connectivity index (χ0n) is 11.6. The highest BCUT2D eigenvalue weighted by Gasteiger charge is 2.32. The summed E-state index contributed by atoms with van der Waals surface area (Å²) in [6.07, 6.45) is -3.52. The van der Waals surface area contributed by atoms with E-state index in [1.54, 1.807) is 0 Å². The summed E-state index contributed by atoms with van der Waals surface area (Å²) in [6, 6.07) is 7.81. The summed E-state index contributed by atoms with van der Waals surface area (Å²) in [5, 5.41) is 0. The molecule has 0 aromatic heterocycles. The average molecular weight is 312 g/mol. The monoisotopic (exact) mass is 312 g/mol. The second-order valence-electron chi connectivity index (χ2n) is 4.35. The molecular formula is C16H12F4O2. The van der Waals surface area contributed by atoms with Crippen LogP contribution >= 0.6 is 0 Å². The van der Waals surface area contributed by atoms with Gasteiger partial charge in [0.05, 0.1) is 7.11 Å². The minimum absolute atomic E-state index is 0.0284. The lowest BCUT2D eigenvalue weighted by atomic mass is 10.0. The Labute approximate surface area is 124 Å². The standard InChI is InChI=1S/C16H12F4O2/c1-3-10-4-6-12(15(8-10)22-16(18,19)20)13-9-11(21-2)5-7-14(13)17/h3-9H,1H2,2H3. The summed E-state index contributed by atoms with van der Waals surface area (Å²) < 4.78 is 60.6. The van der Waals surface area contributed by atoms with Crippen molar-refractivity contribution in [2.75, 3.05) is 7.11 Å². The van der Waals surface area contributed by atoms with Crippen LogP contribution in [0.4, 0.5) is 17.6 Å². The van der Waals surface area contributed by atoms with Crippen LogP contribution in [0.25, 0.3) is 17.2 Å². The summed E-state index contributed by atoms with van der Waals surface area (Å²) in [6.45, 7) is 3.48. The Morgan fingerprint density at radius 1 is 1.05 bits per heavy atom. The van der Waals surface area contributed by atoms with Crippen LogP contribution in [0.5, 0.6) is 11.5 Å². The number of benzene rings is 2. The highest BCUT2D eigenvalue weighted by molar-refractivity contribution is 5.74. The van der Waals surface area contributed by atoms with Crippen molar-refractivity contribution < 1.29 is 27.0 Å². The fourth-order valence-electron chi connectivity index (χ4n) is 1.94. The van der Waals surface area contributed by atoms with E-state index in [0.717, 1.165) is 12.1 Å². The maximum atomic E-state index is 14.0. The molecule has 0 aliphatic rings. The van der Waals surface area contributed by atoms with Gasteiger partial charge in [-0.25, -0.2) is 4.39 Å². The molecule has 0 heterocycles. The smallest absolute Gasteiger partial charge is 0.497 e. The first kappa shape index (κ1) is 15.9. The molecule has 6 heteroatoms. The fourth-order valence-corrected chi connectivity index (χ4v) is 1.94. The Morgan fingerprint density at radius 3 is 2.36 bits per heavy atom. The maximum Gasteiger partial charge on any atom is 0.573 e. The summed E-state index contributed by atoms with van der Waals surface area (Å²) in [4.78, 5) is 0. The van der Waals surface area contributed by atoms with Crippen molar-refractivity contribution in [2.24, 2.45) is 0 Å². The van der Waals surface area contributed by atoms with Gasteiger partial charge in [0.25, 0.3) is 0 Å². The SMILES string of the molecule is C=Cc1ccc(-c2cc(OC)ccc2F)c(OC(F)(F)F)c1. The van der Waals surface area contributed by atoms with Crippen LogP contribution in [0.1, 0.15) is 5.56 Å². The number of methoxy groups -OCH3 is 1. The van der Waals surface area contributed by atoms with Crippen LogP contribution in [0.15, 0.2) is 43.0 Å². The van der Waals surface area contributed by atoms with E-state index >= 15 is 0 Å². The number of halogens is 4. The predicted molar refractivity (Wildman–Crippen MR) is 75.2 cm³/mol. The van der Waals surface area contributed by atoms with Gasteiger partial charge in [0, 0.05) is 11.1 Å². The van der Waals surface area contributed by atoms with E-state index < -0.39 is 17.9 Å². The van der Waals surface area contributed by atoms with Crippen LogP contribution in [0, 0.1) is 5.82 Å². The maximum absolute atomic E-state index is 14.0. The Hall–Kier alpha value is -2.50. The van der Waals surface area contributed by atoms with E-state index in [4.69, 9.17) is 4.74 Å². The van der Waals surface area contributed by atoms with E-state index in [9.17, 15) is 17.6 Å². The summed E-state index contributed by atoms with van der Waals surface area (Å²) in [5.74, 6) is -0.863. The van der Waals surface area contributed by atoms with Gasteiger partial charge in [-0.2, -0.15) is 0 Å². The van der Waals surface area contributed by atoms with Gasteiger partial charge in [-0.15, -0.1) is 13.2 Å². The zero-order valence-corrected chi connectivity index (χ0v) is 11.6. The molecule has 0 amide bonds. The molecule has 0 N–H and O–H groups in total. The predicted octanol–water partition coefficient (Wildman–Crippen LogP) is 5.04. The van der Waals surface area contributed by atoms with E-state index in [1.165, 1.54) is 37.5 Å². The van der Waals surface area contributed by atoms with E-state index in [2.05, 4.69) is 11.3 Å². The second-order valence-corrected chi connectivity index (χ2v) is 4.35. The lowest BCUT2D eigenvalue weighted by Gasteiger charge is -2.15. The minimum atomic E-state index is -4.89. The summed E-state index contributed by atoms with van der Waals surface area (Å²) in [7, 11) is 1.38. The van der Waals surface area contributed by atoms with E-state index in [0.29, 0.717) is 11.3 Å². The van der Waals surface area contributed by atoms with Gasteiger partial charge < -0.3 is 9.47 Å². The molecule has 0 aliphatic carbocycles. The Morgan fingerprint density at radius 2 is 1.77 bits per heavy atom. The molecule has 0 fully saturated rings. The molecule has 22 heavy (non-hydrogen) atoms. The zero-order chi connectivity index (χ0) is 16.3. The van der Waals surface area contributed by atoms with Gasteiger partial charge in [-0.05, 0) is 35.9 Å². The highest BCUT2D eigenvalue weighted by atomic mass is 19.4. The summed E-state index contributed by atoms with van der Waals surface area (Å²) >= 11 is 0. The van der Waals surface area contributed by atoms with Crippen molar-refractivity contribution in [1.82, 2.24) is 0 Å². The van der Waals surface area contributed by atoms with Gasteiger partial charge in [-0.1, -0.05) is 18.7 Å². The number of rotatable bonds is 4. The third-order valence-electron chi connectivity index (χ3n) is 2.93. The first-order chi connectivity index (χ1) is 10.3. The average Bonchev–Trinajstić information content (AvgIpc) is 2.46. The number of ether oxygens (including phenoxy) is 2. The number of alkyl halides is 3. The highest BCUT2D eigenvalue weighted by Crippen LogP contribution is 2.37. The lowest BCUT2D eigenvalue weighted by molar-refractivity contribution is -0.274. The van der Waals surface area contributed by atoms with Gasteiger partial charge >= 0.3 is 6.36 Å². The van der Waals surface area contributed by atoms with Gasteiger partial charge in [0.1, 0.15) is 17.3 Å². The van der Waals surface area contributed by atoms with Gasteiger partial charge in [0.2, 0.25) is 0 Å². The Bertz CT molecular complexity index is 693. The van der Waals surface area contributed by atoms with Crippen LogP contribution in [-0.2, 0) is 0 Å². The first-order valence-corrected chi connectivity index (χ1v) is 6.20. The molecule has 0 spiro atoms. The third-order valence-corrected chi connectivity index (χ3v) is 2.93. The molecule has 2 aromatic carbocycles. The van der Waals surface area contributed by atoms with Gasteiger partial charge in [0.15, 0.2) is 0 Å². The largest absolute Gasteiger partial charge is 0.573 e. The van der Waals surface area contributed by atoms with Gasteiger partial charge in [-0.3, -0.25) is 0 Å². The van der Waals surface area contributed by atoms with Crippen LogP contribution in [0.2, 0.25) is 0 Å². The van der Waals surface area contributed by atoms with Crippen molar-refractivity contribution in [3.63, 3.8) is 0 Å². The number of hydrogen-bond acceptors (Lipinski definition) is 2. The Balaban J connectivity index is 2.61. The molecule has 0 atom stereocenters. The molecule has 0 radical (unpaired) electrons. The minimum Gasteiger partial charge on any atom is -0.497 e. The van der Waals surface area contributed by atoms with Crippen LogP contribution in [-0.4, -0.2) is 13.5 Å². The first-order valence-electron chi connectivity index (χ1n) is 6.20. The topological polar surface area (TPSA) is 18.5 Å². The van der Waals surface area contributed by atoms with Crippen molar-refractivity contribution in [1.29, 1.82) is 0 Å². The normalized spacial score (nSPS) is 11.1. The van der Waals surface area contributed by atoms with E-state index in [1.807, 2.05) is 0 Å². The molecule has 2 rings (SSSR count). The van der Waals surface area contributed by atoms with Crippen LogP contribution < -0.4 is 9.47 Å². The Kier molecular flexibility index (Phi) is 4.40. The summed E-state index contributed by atoms with van der Waals surface area (Å²) in [5.41, 5.74) is 0.347. The molecular weight excluding hydrogens is 300 g/mol. The van der Waals surface area contributed by atoms with E-state index in [-0.39, 0.29) is 11.1 Å². The molecule has 2 nitrogen and oxygen atoms in total. The third kappa shape index (κ3) is 3.58. The quantitative estimate of drug-likeness (QED) is 0.736. The molecule has 116 valence electrons. The van der Waals surface area contributed by atoms with Crippen molar-refractivity contribution in [3.8, 4) is 22.6 Å². The fraction of sp³-hybridized carbons (Fsp3) is 0.125. The molecule has 0 aliphatic heterocycles. The van der Waals surface area contributed by atoms with Crippen molar-refractivity contribution >= 4 is 6.08 Å². The molecule has 0 saturated heterocycles. The van der Waals surface area contributed by atoms with Crippen LogP contribution in [0.3, 0.4) is 0 Å². The molecule has 2 aromatic rings. The second kappa shape index (κ2) is 6.09. The lowest BCUT2D eigenvalue weighted by Crippen LogP contribution is -2.17.